The van der Waals surface area contributed by atoms with Gasteiger partial charge >= 0.3 is 0 Å². The minimum absolute atomic E-state index is 0.0374. The normalized spacial score (nSPS) is 11.5. The van der Waals surface area contributed by atoms with Crippen molar-refractivity contribution < 1.29 is 4.39 Å². The maximum Gasteiger partial charge on any atom is 0.152 e. The molecule has 17 heavy (non-hydrogen) atoms. The topological polar surface area (TPSA) is 40.7 Å². The molecule has 0 fully saturated rings. The minimum atomic E-state index is -0.243. The van der Waals surface area contributed by atoms with E-state index >= 15 is 0 Å². The fourth-order valence-corrected chi connectivity index (χ4v) is 1.45. The van der Waals surface area contributed by atoms with E-state index < -0.39 is 0 Å². The first-order valence-electron chi connectivity index (χ1n) is 5.53. The standard InChI is InChI=1S/C13H16FN3/c1-13(2,3)11-8-12(17-16-11)15-10-6-4-9(14)5-7-10/h4-8H,1-3H3,(H2,15,16,17). The summed E-state index contributed by atoms with van der Waals surface area (Å²) in [6, 6.07) is 8.16. The lowest BCUT2D eigenvalue weighted by molar-refractivity contribution is 0.567. The van der Waals surface area contributed by atoms with Gasteiger partial charge in [-0.25, -0.2) is 4.39 Å². The van der Waals surface area contributed by atoms with Crippen LogP contribution in [-0.4, -0.2) is 10.2 Å². The number of hydrogen-bond acceptors (Lipinski definition) is 2. The van der Waals surface area contributed by atoms with Crippen LogP contribution in [0.5, 0.6) is 0 Å². The van der Waals surface area contributed by atoms with Crippen molar-refractivity contribution in [2.45, 2.75) is 26.2 Å². The average Bonchev–Trinajstić information content (AvgIpc) is 2.69. The highest BCUT2D eigenvalue weighted by molar-refractivity contribution is 5.56. The van der Waals surface area contributed by atoms with Gasteiger partial charge in [0.2, 0.25) is 0 Å². The van der Waals surface area contributed by atoms with E-state index in [4.69, 9.17) is 0 Å². The monoisotopic (exact) mass is 233 g/mol. The zero-order valence-electron chi connectivity index (χ0n) is 10.2. The molecule has 0 aliphatic heterocycles. The maximum absolute atomic E-state index is 12.7. The van der Waals surface area contributed by atoms with Crippen LogP contribution in [0, 0.1) is 5.82 Å². The number of halogens is 1. The van der Waals surface area contributed by atoms with Crippen molar-refractivity contribution in [1.82, 2.24) is 10.2 Å². The molecule has 0 amide bonds. The van der Waals surface area contributed by atoms with Crippen LogP contribution >= 0.6 is 0 Å². The van der Waals surface area contributed by atoms with Gasteiger partial charge in [0, 0.05) is 22.9 Å². The molecule has 4 heteroatoms. The average molecular weight is 233 g/mol. The number of rotatable bonds is 2. The number of aromatic amines is 1. The Morgan fingerprint density at radius 2 is 1.82 bits per heavy atom. The molecule has 2 N–H and O–H groups in total. The van der Waals surface area contributed by atoms with Crippen molar-refractivity contribution >= 4 is 11.5 Å². The summed E-state index contributed by atoms with van der Waals surface area (Å²) >= 11 is 0. The first-order valence-corrected chi connectivity index (χ1v) is 5.53. The Morgan fingerprint density at radius 3 is 2.35 bits per heavy atom. The van der Waals surface area contributed by atoms with Gasteiger partial charge in [-0.2, -0.15) is 5.10 Å². The molecular weight excluding hydrogens is 217 g/mol. The third-order valence-corrected chi connectivity index (χ3v) is 2.50. The minimum Gasteiger partial charge on any atom is -0.339 e. The van der Waals surface area contributed by atoms with E-state index in [2.05, 4.69) is 36.3 Å². The zero-order valence-corrected chi connectivity index (χ0v) is 10.2. The molecule has 90 valence electrons. The fourth-order valence-electron chi connectivity index (χ4n) is 1.45. The second-order valence-electron chi connectivity index (χ2n) is 5.05. The number of nitrogens with one attached hydrogen (secondary N) is 2. The predicted octanol–water partition coefficient (Wildman–Crippen LogP) is 3.59. The number of benzene rings is 1. The van der Waals surface area contributed by atoms with Gasteiger partial charge < -0.3 is 5.32 Å². The summed E-state index contributed by atoms with van der Waals surface area (Å²) in [7, 11) is 0. The summed E-state index contributed by atoms with van der Waals surface area (Å²) in [4.78, 5) is 0. The molecule has 2 aromatic rings. The molecule has 1 heterocycles. The summed E-state index contributed by atoms with van der Waals surface area (Å²) in [6.45, 7) is 6.34. The Hall–Kier alpha value is -1.84. The summed E-state index contributed by atoms with van der Waals surface area (Å²) in [5.41, 5.74) is 1.91. The molecule has 0 bridgehead atoms. The molecule has 1 aromatic heterocycles. The predicted molar refractivity (Wildman–Crippen MR) is 67.0 cm³/mol. The van der Waals surface area contributed by atoms with E-state index in [9.17, 15) is 4.39 Å². The maximum atomic E-state index is 12.7. The highest BCUT2D eigenvalue weighted by Gasteiger charge is 2.16. The van der Waals surface area contributed by atoms with E-state index in [-0.39, 0.29) is 11.2 Å². The molecule has 3 nitrogen and oxygen atoms in total. The van der Waals surface area contributed by atoms with Gasteiger partial charge in [-0.05, 0) is 24.3 Å². The second kappa shape index (κ2) is 4.20. The lowest BCUT2D eigenvalue weighted by Gasteiger charge is -2.14. The van der Waals surface area contributed by atoms with Crippen LogP contribution in [0.4, 0.5) is 15.9 Å². The van der Waals surface area contributed by atoms with Crippen LogP contribution in [-0.2, 0) is 5.41 Å². The third-order valence-electron chi connectivity index (χ3n) is 2.50. The Bertz CT molecular complexity index is 494. The van der Waals surface area contributed by atoms with Gasteiger partial charge in [0.1, 0.15) is 5.82 Å². The molecule has 0 saturated carbocycles. The molecule has 0 atom stereocenters. The second-order valence-corrected chi connectivity index (χ2v) is 5.05. The number of nitrogens with zero attached hydrogens (tertiary/aromatic N) is 1. The van der Waals surface area contributed by atoms with E-state index in [1.54, 1.807) is 12.1 Å². The molecule has 2 rings (SSSR count). The van der Waals surface area contributed by atoms with Gasteiger partial charge in [0.05, 0.1) is 0 Å². The van der Waals surface area contributed by atoms with Crippen molar-refractivity contribution in [2.75, 3.05) is 5.32 Å². The van der Waals surface area contributed by atoms with Crippen LogP contribution in [0.3, 0.4) is 0 Å². The van der Waals surface area contributed by atoms with Gasteiger partial charge in [-0.15, -0.1) is 0 Å². The molecule has 0 aliphatic rings. The summed E-state index contributed by atoms with van der Waals surface area (Å²) in [6.07, 6.45) is 0. The van der Waals surface area contributed by atoms with E-state index in [0.717, 1.165) is 17.2 Å². The molecule has 0 unspecified atom stereocenters. The quantitative estimate of drug-likeness (QED) is 0.832. The lowest BCUT2D eigenvalue weighted by atomic mass is 9.92. The van der Waals surface area contributed by atoms with Crippen LogP contribution in [0.25, 0.3) is 0 Å². The largest absolute Gasteiger partial charge is 0.339 e. The van der Waals surface area contributed by atoms with E-state index in [0.29, 0.717) is 0 Å². The van der Waals surface area contributed by atoms with Crippen molar-refractivity contribution in [1.29, 1.82) is 0 Å². The van der Waals surface area contributed by atoms with Crippen molar-refractivity contribution in [3.63, 3.8) is 0 Å². The first kappa shape index (κ1) is 11.6. The Balaban J connectivity index is 2.14. The summed E-state index contributed by atoms with van der Waals surface area (Å²) < 4.78 is 12.7. The van der Waals surface area contributed by atoms with Gasteiger partial charge in [0.15, 0.2) is 5.82 Å². The summed E-state index contributed by atoms with van der Waals surface area (Å²) in [5.74, 6) is 0.495. The number of hydrogen-bond donors (Lipinski definition) is 2. The molecule has 0 aliphatic carbocycles. The molecule has 1 aromatic carbocycles. The Morgan fingerprint density at radius 1 is 1.18 bits per heavy atom. The van der Waals surface area contributed by atoms with Crippen LogP contribution in [0.1, 0.15) is 26.5 Å². The van der Waals surface area contributed by atoms with Crippen molar-refractivity contribution in [3.8, 4) is 0 Å². The smallest absolute Gasteiger partial charge is 0.152 e. The van der Waals surface area contributed by atoms with Crippen molar-refractivity contribution in [2.24, 2.45) is 0 Å². The number of anilines is 2. The third kappa shape index (κ3) is 2.84. The van der Waals surface area contributed by atoms with Gasteiger partial charge in [-0.3, -0.25) is 5.10 Å². The highest BCUT2D eigenvalue weighted by atomic mass is 19.1. The molecule has 0 spiro atoms. The number of aromatic nitrogens is 2. The van der Waals surface area contributed by atoms with Crippen molar-refractivity contribution in [3.05, 3.63) is 41.8 Å². The molecular formula is C13H16FN3. The van der Waals surface area contributed by atoms with E-state index in [1.807, 2.05) is 6.07 Å². The highest BCUT2D eigenvalue weighted by Crippen LogP contribution is 2.23. The zero-order chi connectivity index (χ0) is 12.5. The molecule has 0 saturated heterocycles. The lowest BCUT2D eigenvalue weighted by Crippen LogP contribution is -2.11. The first-order chi connectivity index (χ1) is 7.95. The SMILES string of the molecule is CC(C)(C)c1cc(Nc2ccc(F)cc2)n[nH]1. The number of H-pyrrole nitrogens is 1. The fraction of sp³-hybridized carbons (Fsp3) is 0.308. The Labute approximate surface area is 100 Å². The van der Waals surface area contributed by atoms with Crippen LogP contribution in [0.15, 0.2) is 30.3 Å². The van der Waals surface area contributed by atoms with Gasteiger partial charge in [0.25, 0.3) is 0 Å². The molecule has 0 radical (unpaired) electrons. The summed E-state index contributed by atoms with van der Waals surface area (Å²) in [5, 5.41) is 10.3. The van der Waals surface area contributed by atoms with Crippen LogP contribution in [0.2, 0.25) is 0 Å². The van der Waals surface area contributed by atoms with E-state index in [1.165, 1.54) is 12.1 Å². The Kier molecular flexibility index (Phi) is 2.88. The van der Waals surface area contributed by atoms with Crippen LogP contribution < -0.4 is 5.32 Å². The van der Waals surface area contributed by atoms with Gasteiger partial charge in [-0.1, -0.05) is 20.8 Å².